The molecule has 0 amide bonds. The van der Waals surface area contributed by atoms with Crippen LogP contribution < -0.4 is 0 Å². The number of H-pyrrole nitrogens is 1. The number of rotatable bonds is 4. The topological polar surface area (TPSA) is 58.6 Å². The first-order valence-corrected chi connectivity index (χ1v) is 6.98. The molecule has 0 bridgehead atoms. The lowest BCUT2D eigenvalue weighted by atomic mass is 10.1. The Morgan fingerprint density at radius 3 is 2.19 bits per heavy atom. The zero-order valence-electron chi connectivity index (χ0n) is 10.8. The van der Waals surface area contributed by atoms with Crippen molar-refractivity contribution in [2.45, 2.75) is 9.92 Å². The molecule has 3 rings (SSSR count). The predicted octanol–water partition coefficient (Wildman–Crippen LogP) is 3.57. The van der Waals surface area contributed by atoms with Crippen LogP contribution in [0.1, 0.15) is 10.5 Å². The van der Waals surface area contributed by atoms with Gasteiger partial charge in [-0.1, -0.05) is 36.0 Å². The monoisotopic (exact) mass is 299 g/mol. The molecular formula is C15H10FN3OS. The van der Waals surface area contributed by atoms with Crippen molar-refractivity contribution in [2.75, 3.05) is 0 Å². The smallest absolute Gasteiger partial charge is 0.173 e. The Morgan fingerprint density at radius 2 is 1.57 bits per heavy atom. The molecular weight excluding hydrogens is 289 g/mol. The van der Waals surface area contributed by atoms with Gasteiger partial charge in [-0.15, -0.1) is 5.10 Å². The number of benzene rings is 2. The Morgan fingerprint density at radius 1 is 0.952 bits per heavy atom. The first-order valence-electron chi connectivity index (χ1n) is 6.16. The summed E-state index contributed by atoms with van der Waals surface area (Å²) in [6.07, 6.45) is 0.665. The quantitative estimate of drug-likeness (QED) is 0.748. The molecule has 0 spiro atoms. The predicted molar refractivity (Wildman–Crippen MR) is 77.7 cm³/mol. The highest BCUT2D eigenvalue weighted by Gasteiger charge is 2.08. The van der Waals surface area contributed by atoms with Crippen LogP contribution in [0.25, 0.3) is 11.1 Å². The van der Waals surface area contributed by atoms with Crippen molar-refractivity contribution in [1.82, 2.24) is 15.4 Å². The molecule has 6 heteroatoms. The maximum Gasteiger partial charge on any atom is 0.173 e. The van der Waals surface area contributed by atoms with Gasteiger partial charge in [0.15, 0.2) is 17.0 Å². The van der Waals surface area contributed by atoms with Crippen LogP contribution in [0.3, 0.4) is 0 Å². The minimum Gasteiger partial charge on any atom is -0.296 e. The lowest BCUT2D eigenvalue weighted by molar-refractivity contribution is 0.111. The summed E-state index contributed by atoms with van der Waals surface area (Å²) in [4.78, 5) is 11.7. The first kappa shape index (κ1) is 13.5. The summed E-state index contributed by atoms with van der Waals surface area (Å²) in [5.41, 5.74) is 2.24. The number of nitrogens with one attached hydrogen (secondary N) is 1. The summed E-state index contributed by atoms with van der Waals surface area (Å²) < 4.78 is 12.9. The average molecular weight is 299 g/mol. The van der Waals surface area contributed by atoms with Gasteiger partial charge >= 0.3 is 0 Å². The highest BCUT2D eigenvalue weighted by atomic mass is 32.2. The fourth-order valence-corrected chi connectivity index (χ4v) is 2.63. The van der Waals surface area contributed by atoms with Crippen LogP contribution in [0.15, 0.2) is 58.5 Å². The molecule has 1 N–H and O–H groups in total. The molecule has 0 saturated carbocycles. The van der Waals surface area contributed by atoms with Gasteiger partial charge in [0.05, 0.1) is 0 Å². The third-order valence-electron chi connectivity index (χ3n) is 2.90. The van der Waals surface area contributed by atoms with Crippen LogP contribution in [0.5, 0.6) is 0 Å². The van der Waals surface area contributed by atoms with E-state index in [2.05, 4.69) is 15.4 Å². The summed E-state index contributed by atoms with van der Waals surface area (Å²) in [5, 5.41) is 10.6. The van der Waals surface area contributed by atoms with Crippen molar-refractivity contribution in [3.05, 3.63) is 60.0 Å². The maximum absolute atomic E-state index is 12.9. The summed E-state index contributed by atoms with van der Waals surface area (Å²) in [6.45, 7) is 0. The normalized spacial score (nSPS) is 10.5. The van der Waals surface area contributed by atoms with Crippen molar-refractivity contribution in [3.8, 4) is 11.1 Å². The fraction of sp³-hybridized carbons (Fsp3) is 0. The molecule has 0 aliphatic rings. The number of halogens is 1. The molecule has 0 aliphatic carbocycles. The van der Waals surface area contributed by atoms with Crippen LogP contribution >= 0.6 is 11.8 Å². The van der Waals surface area contributed by atoms with E-state index in [4.69, 9.17) is 0 Å². The highest BCUT2D eigenvalue weighted by molar-refractivity contribution is 7.99. The van der Waals surface area contributed by atoms with Crippen LogP contribution in [-0.4, -0.2) is 21.7 Å². The Kier molecular flexibility index (Phi) is 3.79. The SMILES string of the molecule is O=Cc1n[nH]nc1Sc1ccc(-c2ccc(F)cc2)cc1. The van der Waals surface area contributed by atoms with Gasteiger partial charge < -0.3 is 0 Å². The number of aromatic nitrogens is 3. The number of carbonyl (C=O) groups excluding carboxylic acids is 1. The number of hydrogen-bond donors (Lipinski definition) is 1. The van der Waals surface area contributed by atoms with E-state index >= 15 is 0 Å². The zero-order chi connectivity index (χ0) is 14.7. The van der Waals surface area contributed by atoms with Crippen LogP contribution in [-0.2, 0) is 0 Å². The molecule has 21 heavy (non-hydrogen) atoms. The number of aldehydes is 1. The number of hydrogen-bond acceptors (Lipinski definition) is 4. The average Bonchev–Trinajstić information content (AvgIpc) is 2.96. The van der Waals surface area contributed by atoms with Crippen molar-refractivity contribution in [1.29, 1.82) is 0 Å². The van der Waals surface area contributed by atoms with Gasteiger partial charge in [-0.25, -0.2) is 4.39 Å². The minimum absolute atomic E-state index is 0.252. The molecule has 0 atom stereocenters. The summed E-state index contributed by atoms with van der Waals surface area (Å²) >= 11 is 1.36. The lowest BCUT2D eigenvalue weighted by Gasteiger charge is -2.03. The van der Waals surface area contributed by atoms with Crippen LogP contribution in [0, 0.1) is 5.82 Å². The Labute approximate surface area is 124 Å². The molecule has 4 nitrogen and oxygen atoms in total. The molecule has 0 fully saturated rings. The third-order valence-corrected chi connectivity index (χ3v) is 3.90. The Bertz CT molecular complexity index is 753. The van der Waals surface area contributed by atoms with E-state index in [0.29, 0.717) is 17.0 Å². The summed E-state index contributed by atoms with van der Waals surface area (Å²) in [7, 11) is 0. The minimum atomic E-state index is -0.252. The van der Waals surface area contributed by atoms with Crippen molar-refractivity contribution >= 4 is 18.0 Å². The van der Waals surface area contributed by atoms with E-state index < -0.39 is 0 Å². The molecule has 1 heterocycles. The van der Waals surface area contributed by atoms with Crippen molar-refractivity contribution < 1.29 is 9.18 Å². The second kappa shape index (κ2) is 5.88. The number of nitrogens with zero attached hydrogens (tertiary/aromatic N) is 2. The largest absolute Gasteiger partial charge is 0.296 e. The van der Waals surface area contributed by atoms with E-state index in [1.165, 1.54) is 23.9 Å². The standard InChI is InChI=1S/C15H10FN3OS/c16-12-5-1-10(2-6-12)11-3-7-13(8-4-11)21-15-14(9-20)17-19-18-15/h1-9H,(H,17,18,19). The third kappa shape index (κ3) is 3.00. The van der Waals surface area contributed by atoms with E-state index in [-0.39, 0.29) is 5.82 Å². The van der Waals surface area contributed by atoms with E-state index in [1.54, 1.807) is 12.1 Å². The molecule has 3 aromatic rings. The lowest BCUT2D eigenvalue weighted by Crippen LogP contribution is -1.83. The fourth-order valence-electron chi connectivity index (χ4n) is 1.85. The molecule has 1 aromatic heterocycles. The van der Waals surface area contributed by atoms with Gasteiger partial charge in [0.25, 0.3) is 0 Å². The van der Waals surface area contributed by atoms with Gasteiger partial charge in [0.1, 0.15) is 5.82 Å². The second-order valence-corrected chi connectivity index (χ2v) is 5.33. The van der Waals surface area contributed by atoms with Crippen LogP contribution in [0.4, 0.5) is 4.39 Å². The Hall–Kier alpha value is -2.47. The van der Waals surface area contributed by atoms with E-state index in [9.17, 15) is 9.18 Å². The van der Waals surface area contributed by atoms with Crippen LogP contribution in [0.2, 0.25) is 0 Å². The van der Waals surface area contributed by atoms with E-state index in [1.807, 2.05) is 24.3 Å². The van der Waals surface area contributed by atoms with Gasteiger partial charge in [0.2, 0.25) is 0 Å². The number of carbonyl (C=O) groups is 1. The molecule has 0 radical (unpaired) electrons. The van der Waals surface area contributed by atoms with E-state index in [0.717, 1.165) is 16.0 Å². The zero-order valence-corrected chi connectivity index (χ0v) is 11.6. The molecule has 104 valence electrons. The summed E-state index contributed by atoms with van der Waals surface area (Å²) in [5.74, 6) is -0.252. The maximum atomic E-state index is 12.9. The summed E-state index contributed by atoms with van der Waals surface area (Å²) in [6, 6.07) is 14.1. The van der Waals surface area contributed by atoms with Gasteiger partial charge in [-0.05, 0) is 35.4 Å². The highest BCUT2D eigenvalue weighted by Crippen LogP contribution is 2.29. The second-order valence-electron chi connectivity index (χ2n) is 4.27. The van der Waals surface area contributed by atoms with Crippen molar-refractivity contribution in [2.24, 2.45) is 0 Å². The van der Waals surface area contributed by atoms with Gasteiger partial charge in [-0.2, -0.15) is 10.3 Å². The first-order chi connectivity index (χ1) is 10.3. The molecule has 0 saturated heterocycles. The molecule has 0 unspecified atom stereocenters. The molecule has 2 aromatic carbocycles. The molecule has 0 aliphatic heterocycles. The van der Waals surface area contributed by atoms with Crippen molar-refractivity contribution in [3.63, 3.8) is 0 Å². The van der Waals surface area contributed by atoms with Gasteiger partial charge in [0, 0.05) is 4.90 Å². The van der Waals surface area contributed by atoms with Gasteiger partial charge in [-0.3, -0.25) is 4.79 Å². The number of aromatic amines is 1. The Balaban J connectivity index is 1.81.